The van der Waals surface area contributed by atoms with Gasteiger partial charge in [-0.25, -0.2) is 0 Å². The quantitative estimate of drug-likeness (QED) is 0.699. The van der Waals surface area contributed by atoms with Crippen LogP contribution in [-0.2, 0) is 4.79 Å². The van der Waals surface area contributed by atoms with Crippen molar-refractivity contribution in [1.29, 1.82) is 0 Å². The number of imide groups is 1. The maximum atomic E-state index is 12.7. The molecule has 8 heteroatoms. The van der Waals surface area contributed by atoms with Gasteiger partial charge in [-0.2, -0.15) is 0 Å². The van der Waals surface area contributed by atoms with Gasteiger partial charge in [-0.05, 0) is 36.9 Å². The van der Waals surface area contributed by atoms with Gasteiger partial charge in [0.1, 0.15) is 0 Å². The van der Waals surface area contributed by atoms with Crippen LogP contribution in [0.25, 0.3) is 0 Å². The minimum absolute atomic E-state index is 0.0149. The van der Waals surface area contributed by atoms with Gasteiger partial charge in [0.15, 0.2) is 0 Å². The number of fused-ring (bicyclic) bond motifs is 1. The number of halogens is 1. The van der Waals surface area contributed by atoms with Gasteiger partial charge in [-0.3, -0.25) is 19.3 Å². The maximum Gasteiger partial charge on any atom is 0.261 e. The Morgan fingerprint density at radius 3 is 2.26 bits per heavy atom. The lowest BCUT2D eigenvalue weighted by Gasteiger charge is -2.36. The zero-order valence-electron chi connectivity index (χ0n) is 17.4. The standard InChI is InChI=1S/C23H25ClN4O3/c1-2-26-11-13-27(14-12-26)20-8-7-16(24)15-19(20)25-21(29)9-10-28-22(30)17-5-3-4-6-18(17)23(28)31/h3-8,15H,2,9-14H2,1H3,(H,25,29). The molecule has 0 atom stereocenters. The summed E-state index contributed by atoms with van der Waals surface area (Å²) in [7, 11) is 0. The first-order chi connectivity index (χ1) is 15.0. The van der Waals surface area contributed by atoms with E-state index in [1.54, 1.807) is 30.3 Å². The molecule has 2 aromatic rings. The van der Waals surface area contributed by atoms with Crippen molar-refractivity contribution in [2.45, 2.75) is 13.3 Å². The Kier molecular flexibility index (Phi) is 6.25. The number of amides is 3. The second-order valence-corrected chi connectivity index (χ2v) is 8.12. The largest absolute Gasteiger partial charge is 0.367 e. The molecule has 2 heterocycles. The SMILES string of the molecule is CCN1CCN(c2ccc(Cl)cc2NC(=O)CCN2C(=O)c3ccccc3C2=O)CC1. The fraction of sp³-hybridized carbons (Fsp3) is 0.348. The van der Waals surface area contributed by atoms with E-state index in [0.29, 0.717) is 21.8 Å². The van der Waals surface area contributed by atoms with Crippen LogP contribution in [0, 0.1) is 0 Å². The van der Waals surface area contributed by atoms with E-state index in [2.05, 4.69) is 22.0 Å². The Morgan fingerprint density at radius 2 is 1.65 bits per heavy atom. The molecule has 0 spiro atoms. The monoisotopic (exact) mass is 440 g/mol. The predicted octanol–water partition coefficient (Wildman–Crippen LogP) is 3.11. The molecule has 0 unspecified atom stereocenters. The number of carbonyl (C=O) groups excluding carboxylic acids is 3. The summed E-state index contributed by atoms with van der Waals surface area (Å²) in [6.45, 7) is 6.87. The molecule has 162 valence electrons. The van der Waals surface area contributed by atoms with Gasteiger partial charge in [0.05, 0.1) is 22.5 Å². The van der Waals surface area contributed by atoms with E-state index in [4.69, 9.17) is 11.6 Å². The lowest BCUT2D eigenvalue weighted by Crippen LogP contribution is -2.46. The summed E-state index contributed by atoms with van der Waals surface area (Å²) < 4.78 is 0. The molecule has 2 aromatic carbocycles. The molecule has 2 aliphatic heterocycles. The number of rotatable bonds is 6. The number of nitrogens with zero attached hydrogens (tertiary/aromatic N) is 3. The number of likely N-dealkylation sites (N-methyl/N-ethyl adjacent to an activating group) is 1. The zero-order valence-corrected chi connectivity index (χ0v) is 18.2. The van der Waals surface area contributed by atoms with Gasteiger partial charge in [0.2, 0.25) is 5.91 Å². The molecule has 1 N–H and O–H groups in total. The van der Waals surface area contributed by atoms with Crippen LogP contribution in [0.2, 0.25) is 5.02 Å². The minimum atomic E-state index is -0.356. The lowest BCUT2D eigenvalue weighted by atomic mass is 10.1. The number of hydrogen-bond donors (Lipinski definition) is 1. The normalized spacial score (nSPS) is 16.6. The second kappa shape index (κ2) is 9.08. The first-order valence-corrected chi connectivity index (χ1v) is 10.9. The Labute approximate surface area is 186 Å². The fourth-order valence-corrected chi connectivity index (χ4v) is 4.23. The van der Waals surface area contributed by atoms with Gasteiger partial charge in [-0.1, -0.05) is 30.7 Å². The molecule has 1 saturated heterocycles. The van der Waals surface area contributed by atoms with Crippen molar-refractivity contribution >= 4 is 40.7 Å². The Hall–Kier alpha value is -2.90. The molecule has 4 rings (SSSR count). The van der Waals surface area contributed by atoms with Crippen LogP contribution in [0.3, 0.4) is 0 Å². The number of piperazine rings is 1. The third-order valence-electron chi connectivity index (χ3n) is 5.83. The van der Waals surface area contributed by atoms with E-state index in [-0.39, 0.29) is 30.7 Å². The van der Waals surface area contributed by atoms with Crippen molar-refractivity contribution < 1.29 is 14.4 Å². The van der Waals surface area contributed by atoms with Crippen molar-refractivity contribution in [3.05, 3.63) is 58.6 Å². The second-order valence-electron chi connectivity index (χ2n) is 7.69. The van der Waals surface area contributed by atoms with E-state index >= 15 is 0 Å². The molecular weight excluding hydrogens is 416 g/mol. The molecule has 0 saturated carbocycles. The van der Waals surface area contributed by atoms with Gasteiger partial charge < -0.3 is 15.1 Å². The van der Waals surface area contributed by atoms with Crippen LogP contribution in [0.15, 0.2) is 42.5 Å². The summed E-state index contributed by atoms with van der Waals surface area (Å²) in [6.07, 6.45) is 0.0149. The Balaban J connectivity index is 1.41. The maximum absolute atomic E-state index is 12.7. The Morgan fingerprint density at radius 1 is 1.00 bits per heavy atom. The molecule has 0 radical (unpaired) electrons. The average molecular weight is 441 g/mol. The van der Waals surface area contributed by atoms with E-state index in [1.807, 2.05) is 12.1 Å². The number of nitrogens with one attached hydrogen (secondary N) is 1. The van der Waals surface area contributed by atoms with Crippen LogP contribution in [-0.4, -0.2) is 66.8 Å². The molecule has 1 fully saturated rings. The van der Waals surface area contributed by atoms with Crippen molar-refractivity contribution in [2.75, 3.05) is 49.5 Å². The number of anilines is 2. The predicted molar refractivity (Wildman–Crippen MR) is 121 cm³/mol. The van der Waals surface area contributed by atoms with Crippen molar-refractivity contribution in [3.63, 3.8) is 0 Å². The summed E-state index contributed by atoms with van der Waals surface area (Å²) in [5, 5.41) is 3.45. The highest BCUT2D eigenvalue weighted by Crippen LogP contribution is 2.30. The highest BCUT2D eigenvalue weighted by atomic mass is 35.5. The van der Waals surface area contributed by atoms with Crippen LogP contribution in [0.5, 0.6) is 0 Å². The molecule has 0 aliphatic carbocycles. The van der Waals surface area contributed by atoms with Gasteiger partial charge in [0.25, 0.3) is 11.8 Å². The van der Waals surface area contributed by atoms with Crippen LogP contribution >= 0.6 is 11.6 Å². The molecule has 0 bridgehead atoms. The van der Waals surface area contributed by atoms with Crippen molar-refractivity contribution in [2.24, 2.45) is 0 Å². The smallest absolute Gasteiger partial charge is 0.261 e. The summed E-state index contributed by atoms with van der Waals surface area (Å²) in [5.41, 5.74) is 2.34. The molecule has 2 aliphatic rings. The molecule has 31 heavy (non-hydrogen) atoms. The minimum Gasteiger partial charge on any atom is -0.367 e. The van der Waals surface area contributed by atoms with Gasteiger partial charge in [-0.15, -0.1) is 0 Å². The number of carbonyl (C=O) groups is 3. The van der Waals surface area contributed by atoms with Gasteiger partial charge >= 0.3 is 0 Å². The molecule has 0 aromatic heterocycles. The van der Waals surface area contributed by atoms with E-state index in [0.717, 1.165) is 43.3 Å². The zero-order chi connectivity index (χ0) is 22.0. The van der Waals surface area contributed by atoms with Gasteiger partial charge in [0, 0.05) is 44.2 Å². The summed E-state index contributed by atoms with van der Waals surface area (Å²) >= 11 is 6.18. The first kappa shape index (κ1) is 21.3. The van der Waals surface area contributed by atoms with E-state index in [9.17, 15) is 14.4 Å². The molecular formula is C23H25ClN4O3. The van der Waals surface area contributed by atoms with Crippen LogP contribution < -0.4 is 10.2 Å². The topological polar surface area (TPSA) is 73.0 Å². The number of benzene rings is 2. The third-order valence-corrected chi connectivity index (χ3v) is 6.07. The van der Waals surface area contributed by atoms with Crippen molar-refractivity contribution in [3.8, 4) is 0 Å². The molecule has 3 amide bonds. The summed E-state index contributed by atoms with van der Waals surface area (Å²) in [6, 6.07) is 12.2. The van der Waals surface area contributed by atoms with E-state index in [1.165, 1.54) is 0 Å². The van der Waals surface area contributed by atoms with E-state index < -0.39 is 0 Å². The number of hydrogen-bond acceptors (Lipinski definition) is 5. The highest BCUT2D eigenvalue weighted by molar-refractivity contribution is 6.31. The summed E-state index contributed by atoms with van der Waals surface area (Å²) in [4.78, 5) is 43.4. The van der Waals surface area contributed by atoms with Crippen LogP contribution in [0.4, 0.5) is 11.4 Å². The first-order valence-electron chi connectivity index (χ1n) is 10.5. The third kappa shape index (κ3) is 4.43. The Bertz CT molecular complexity index is 983. The average Bonchev–Trinajstić information content (AvgIpc) is 3.02. The lowest BCUT2D eigenvalue weighted by molar-refractivity contribution is -0.116. The van der Waals surface area contributed by atoms with Crippen LogP contribution in [0.1, 0.15) is 34.1 Å². The van der Waals surface area contributed by atoms with Crippen molar-refractivity contribution in [1.82, 2.24) is 9.80 Å². The highest BCUT2D eigenvalue weighted by Gasteiger charge is 2.35. The molecule has 7 nitrogen and oxygen atoms in total. The fourth-order valence-electron chi connectivity index (χ4n) is 4.06. The summed E-state index contributed by atoms with van der Waals surface area (Å²) in [5.74, 6) is -0.983.